The molecule has 0 bridgehead atoms. The van der Waals surface area contributed by atoms with E-state index in [1.165, 1.54) is 10.5 Å². The summed E-state index contributed by atoms with van der Waals surface area (Å²) in [6, 6.07) is 13.3. The van der Waals surface area contributed by atoms with E-state index in [4.69, 9.17) is 0 Å². The van der Waals surface area contributed by atoms with Crippen LogP contribution in [0.4, 0.5) is 5.69 Å². The lowest BCUT2D eigenvalue weighted by atomic mass is 9.90. The molecule has 1 aliphatic heterocycles. The normalized spacial score (nSPS) is 14.7. The molecule has 2 heterocycles. The third-order valence-electron chi connectivity index (χ3n) is 5.32. The molecular weight excluding hydrogens is 368 g/mol. The number of fused-ring (bicyclic) bond motifs is 1. The predicted molar refractivity (Wildman–Crippen MR) is 110 cm³/mol. The Labute approximate surface area is 168 Å². The Morgan fingerprint density at radius 3 is 2.55 bits per heavy atom. The first-order valence-electron chi connectivity index (χ1n) is 9.76. The molecule has 29 heavy (non-hydrogen) atoms. The molecule has 0 unspecified atom stereocenters. The van der Waals surface area contributed by atoms with Crippen molar-refractivity contribution in [2.24, 2.45) is 0 Å². The summed E-state index contributed by atoms with van der Waals surface area (Å²) in [6.45, 7) is 2.38. The highest BCUT2D eigenvalue weighted by molar-refractivity contribution is 6.39. The first-order valence-corrected chi connectivity index (χ1v) is 9.76. The molecule has 1 aliphatic rings. The van der Waals surface area contributed by atoms with E-state index in [9.17, 15) is 9.59 Å². The number of carbonyl (C=O) groups excluding carboxylic acids is 2. The monoisotopic (exact) mass is 392 g/mol. The van der Waals surface area contributed by atoms with E-state index in [1.807, 2.05) is 42.5 Å². The maximum atomic E-state index is 12.5. The van der Waals surface area contributed by atoms with Gasteiger partial charge in [-0.1, -0.05) is 18.2 Å². The molecule has 0 aliphatic carbocycles. The number of rotatable bonds is 4. The topological polar surface area (TPSA) is 103 Å². The number of H-pyrrole nitrogens is 1. The highest BCUT2D eigenvalue weighted by Gasteiger charge is 2.20. The number of carbonyl (C=O) groups is 2. The lowest BCUT2D eigenvalue weighted by Gasteiger charge is -2.23. The third kappa shape index (κ3) is 4.43. The van der Waals surface area contributed by atoms with Gasteiger partial charge in [-0.15, -0.1) is 0 Å². The van der Waals surface area contributed by atoms with Crippen LogP contribution in [0, 0.1) is 0 Å². The van der Waals surface area contributed by atoms with Crippen molar-refractivity contribution < 1.29 is 9.59 Å². The van der Waals surface area contributed by atoms with Crippen molar-refractivity contribution in [2.75, 3.05) is 25.5 Å². The van der Waals surface area contributed by atoms with E-state index < -0.39 is 11.8 Å². The Kier molecular flexibility index (Phi) is 5.53. The molecule has 0 atom stereocenters. The standard InChI is InChI=1S/C21H24N6O2/c1-27(13-14-2-7-18-19(12-14)25-26-24-18)21(29)20(28)23-17-5-3-15(4-6-17)16-8-10-22-11-9-16/h2-7,12,16,22H,8-11,13H2,1H3,(H,23,28)(H,24,25,26). The molecule has 0 spiro atoms. The van der Waals surface area contributed by atoms with Crippen molar-refractivity contribution in [3.05, 3.63) is 53.6 Å². The minimum absolute atomic E-state index is 0.309. The second-order valence-electron chi connectivity index (χ2n) is 7.41. The van der Waals surface area contributed by atoms with E-state index >= 15 is 0 Å². The number of aromatic amines is 1. The molecule has 2 amide bonds. The van der Waals surface area contributed by atoms with Gasteiger partial charge < -0.3 is 15.5 Å². The van der Waals surface area contributed by atoms with Crippen LogP contribution in [0.2, 0.25) is 0 Å². The third-order valence-corrected chi connectivity index (χ3v) is 5.32. The van der Waals surface area contributed by atoms with Crippen LogP contribution in [0.3, 0.4) is 0 Å². The van der Waals surface area contributed by atoms with Crippen LogP contribution in [0.1, 0.15) is 29.9 Å². The lowest BCUT2D eigenvalue weighted by molar-refractivity contribution is -0.142. The van der Waals surface area contributed by atoms with Crippen LogP contribution in [-0.2, 0) is 16.1 Å². The first kappa shape index (κ1) is 19.1. The number of aromatic nitrogens is 3. The van der Waals surface area contributed by atoms with Gasteiger partial charge in [0.05, 0.1) is 0 Å². The van der Waals surface area contributed by atoms with Gasteiger partial charge in [-0.25, -0.2) is 0 Å². The molecule has 0 radical (unpaired) electrons. The van der Waals surface area contributed by atoms with Crippen LogP contribution in [0.15, 0.2) is 42.5 Å². The van der Waals surface area contributed by atoms with Gasteiger partial charge in [0.1, 0.15) is 11.0 Å². The number of anilines is 1. The molecule has 1 saturated heterocycles. The van der Waals surface area contributed by atoms with Crippen LogP contribution >= 0.6 is 0 Å². The van der Waals surface area contributed by atoms with Crippen molar-refractivity contribution in [1.29, 1.82) is 0 Å². The van der Waals surface area contributed by atoms with Gasteiger partial charge in [0.15, 0.2) is 0 Å². The van der Waals surface area contributed by atoms with Crippen LogP contribution < -0.4 is 10.6 Å². The lowest BCUT2D eigenvalue weighted by Crippen LogP contribution is -2.36. The minimum Gasteiger partial charge on any atom is -0.333 e. The summed E-state index contributed by atoms with van der Waals surface area (Å²) in [5.41, 5.74) is 4.26. The maximum Gasteiger partial charge on any atom is 0.313 e. The molecule has 2 aromatic carbocycles. The van der Waals surface area contributed by atoms with Gasteiger partial charge in [0.2, 0.25) is 0 Å². The van der Waals surface area contributed by atoms with E-state index in [0.29, 0.717) is 18.2 Å². The Balaban J connectivity index is 1.35. The summed E-state index contributed by atoms with van der Waals surface area (Å²) in [6.07, 6.45) is 2.24. The van der Waals surface area contributed by atoms with Crippen molar-refractivity contribution in [3.8, 4) is 0 Å². The summed E-state index contributed by atoms with van der Waals surface area (Å²) in [5, 5.41) is 16.7. The number of nitrogens with one attached hydrogen (secondary N) is 3. The molecule has 1 aromatic heterocycles. The van der Waals surface area contributed by atoms with Crippen LogP contribution in [-0.4, -0.2) is 52.3 Å². The average Bonchev–Trinajstić information content (AvgIpc) is 3.22. The fourth-order valence-corrected chi connectivity index (χ4v) is 3.68. The van der Waals surface area contributed by atoms with E-state index in [2.05, 4.69) is 26.0 Å². The molecule has 1 fully saturated rings. The number of benzene rings is 2. The zero-order valence-electron chi connectivity index (χ0n) is 16.3. The van der Waals surface area contributed by atoms with Crippen molar-refractivity contribution >= 4 is 28.5 Å². The number of hydrogen-bond donors (Lipinski definition) is 3. The number of nitrogens with zero attached hydrogens (tertiary/aromatic N) is 3. The molecular formula is C21H24N6O2. The highest BCUT2D eigenvalue weighted by atomic mass is 16.2. The highest BCUT2D eigenvalue weighted by Crippen LogP contribution is 2.26. The van der Waals surface area contributed by atoms with Crippen LogP contribution in [0.25, 0.3) is 11.0 Å². The van der Waals surface area contributed by atoms with Gasteiger partial charge in [-0.2, -0.15) is 15.4 Å². The van der Waals surface area contributed by atoms with E-state index in [0.717, 1.165) is 42.5 Å². The first-order chi connectivity index (χ1) is 14.1. The van der Waals surface area contributed by atoms with Crippen molar-refractivity contribution in [2.45, 2.75) is 25.3 Å². The Hall–Kier alpha value is -3.26. The fraction of sp³-hybridized carbons (Fsp3) is 0.333. The predicted octanol–water partition coefficient (Wildman–Crippen LogP) is 2.02. The molecule has 3 aromatic rings. The quantitative estimate of drug-likeness (QED) is 0.590. The Morgan fingerprint density at radius 1 is 1.07 bits per heavy atom. The molecule has 8 heteroatoms. The summed E-state index contributed by atoms with van der Waals surface area (Å²) in [7, 11) is 1.61. The molecule has 150 valence electrons. The molecule has 4 rings (SSSR count). The molecule has 3 N–H and O–H groups in total. The average molecular weight is 392 g/mol. The smallest absolute Gasteiger partial charge is 0.313 e. The summed E-state index contributed by atoms with van der Waals surface area (Å²) in [5.74, 6) is -0.687. The summed E-state index contributed by atoms with van der Waals surface area (Å²) in [4.78, 5) is 26.2. The Morgan fingerprint density at radius 2 is 1.79 bits per heavy atom. The van der Waals surface area contributed by atoms with E-state index in [-0.39, 0.29) is 0 Å². The van der Waals surface area contributed by atoms with Crippen LogP contribution in [0.5, 0.6) is 0 Å². The minimum atomic E-state index is -0.648. The fourth-order valence-electron chi connectivity index (χ4n) is 3.68. The second-order valence-corrected chi connectivity index (χ2v) is 7.41. The van der Waals surface area contributed by atoms with Crippen molar-refractivity contribution in [3.63, 3.8) is 0 Å². The SMILES string of the molecule is CN(Cc1ccc2n[nH]nc2c1)C(=O)C(=O)Nc1ccc(C2CCNCC2)cc1. The summed E-state index contributed by atoms with van der Waals surface area (Å²) < 4.78 is 0. The van der Waals surface area contributed by atoms with Gasteiger partial charge in [0.25, 0.3) is 0 Å². The number of amides is 2. The number of piperidine rings is 1. The van der Waals surface area contributed by atoms with Gasteiger partial charge in [-0.05, 0) is 67.2 Å². The largest absolute Gasteiger partial charge is 0.333 e. The maximum absolute atomic E-state index is 12.5. The Bertz CT molecular complexity index is 1010. The van der Waals surface area contributed by atoms with Gasteiger partial charge >= 0.3 is 11.8 Å². The van der Waals surface area contributed by atoms with Gasteiger partial charge in [0, 0.05) is 19.3 Å². The second kappa shape index (κ2) is 8.40. The van der Waals surface area contributed by atoms with E-state index in [1.54, 1.807) is 7.05 Å². The van der Waals surface area contributed by atoms with Crippen molar-refractivity contribution in [1.82, 2.24) is 25.6 Å². The summed E-state index contributed by atoms with van der Waals surface area (Å²) >= 11 is 0. The molecule has 0 saturated carbocycles. The van der Waals surface area contributed by atoms with Gasteiger partial charge in [-0.3, -0.25) is 9.59 Å². The molecule has 8 nitrogen and oxygen atoms in total. The zero-order chi connectivity index (χ0) is 20.2. The number of likely N-dealkylation sites (N-methyl/N-ethyl adjacent to an activating group) is 1. The number of hydrogen-bond acceptors (Lipinski definition) is 5. The zero-order valence-corrected chi connectivity index (χ0v) is 16.3.